The quantitative estimate of drug-likeness (QED) is 0.728. The van der Waals surface area contributed by atoms with E-state index in [0.29, 0.717) is 36.7 Å². The molecule has 6 nitrogen and oxygen atoms in total. The van der Waals surface area contributed by atoms with E-state index >= 15 is 0 Å². The highest BCUT2D eigenvalue weighted by Gasteiger charge is 2.58. The Labute approximate surface area is 156 Å². The highest BCUT2D eigenvalue weighted by atomic mass is 79.9. The fourth-order valence-electron chi connectivity index (χ4n) is 3.74. The van der Waals surface area contributed by atoms with Gasteiger partial charge in [0.05, 0.1) is 11.4 Å². The number of anilines is 2. The van der Waals surface area contributed by atoms with Gasteiger partial charge in [0.1, 0.15) is 11.1 Å². The monoisotopic (exact) mass is 409 g/mol. The number of nitrogens with two attached hydrogens (primary N) is 1. The van der Waals surface area contributed by atoms with Crippen LogP contribution in [0.1, 0.15) is 40.0 Å². The lowest BCUT2D eigenvalue weighted by molar-refractivity contribution is -0.126. The number of hydrogen-bond acceptors (Lipinski definition) is 4. The number of nitrogen functional groups attached to an aromatic ring is 1. The number of rotatable bonds is 2. The van der Waals surface area contributed by atoms with E-state index in [2.05, 4.69) is 21.2 Å². The number of amides is 2. The van der Waals surface area contributed by atoms with Crippen LogP contribution >= 0.6 is 15.9 Å². The Kier molecular flexibility index (Phi) is 4.47. The van der Waals surface area contributed by atoms with E-state index in [9.17, 15) is 9.59 Å². The Hall–Kier alpha value is -1.76. The van der Waals surface area contributed by atoms with Crippen LogP contribution in [0.5, 0.6) is 0 Å². The lowest BCUT2D eigenvalue weighted by Gasteiger charge is -2.38. The van der Waals surface area contributed by atoms with Crippen LogP contribution in [0.25, 0.3) is 0 Å². The molecule has 1 saturated heterocycles. The maximum Gasteiger partial charge on any atom is 0.411 e. The predicted octanol–water partition coefficient (Wildman–Crippen LogP) is 3.76. The van der Waals surface area contributed by atoms with Gasteiger partial charge in [-0.3, -0.25) is 9.69 Å². The van der Waals surface area contributed by atoms with Crippen molar-refractivity contribution in [1.29, 1.82) is 0 Å². The number of benzene rings is 1. The van der Waals surface area contributed by atoms with Crippen molar-refractivity contribution < 1.29 is 14.3 Å². The van der Waals surface area contributed by atoms with Crippen molar-refractivity contribution in [3.63, 3.8) is 0 Å². The molecule has 136 valence electrons. The molecule has 2 fully saturated rings. The van der Waals surface area contributed by atoms with Gasteiger partial charge in [-0.05, 0) is 64.2 Å². The number of likely N-dealkylation sites (tertiary alicyclic amines) is 1. The van der Waals surface area contributed by atoms with Crippen LogP contribution in [0.2, 0.25) is 0 Å². The molecule has 3 rings (SSSR count). The molecule has 1 aliphatic heterocycles. The Morgan fingerprint density at radius 2 is 2.12 bits per heavy atom. The molecule has 0 spiro atoms. The van der Waals surface area contributed by atoms with Crippen LogP contribution in [0.3, 0.4) is 0 Å². The third kappa shape index (κ3) is 3.47. The standard InChI is InChI=1S/C18H24BrN3O3/c1-17(2,3)25-16(24)22-10-11-6-7-18(22,9-11)15(23)21-14-5-4-12(19)8-13(14)20/h4-5,8,11H,6-7,9-10,20H2,1-3H3,(H,21,23). The molecule has 2 bridgehead atoms. The van der Waals surface area contributed by atoms with Crippen molar-refractivity contribution in [2.75, 3.05) is 17.6 Å². The van der Waals surface area contributed by atoms with E-state index in [1.165, 1.54) is 0 Å². The molecule has 1 aromatic rings. The minimum atomic E-state index is -0.841. The number of nitrogens with zero attached hydrogens (tertiary/aromatic N) is 1. The van der Waals surface area contributed by atoms with Crippen molar-refractivity contribution in [2.24, 2.45) is 5.92 Å². The Balaban J connectivity index is 1.82. The molecule has 25 heavy (non-hydrogen) atoms. The summed E-state index contributed by atoms with van der Waals surface area (Å²) in [7, 11) is 0. The summed E-state index contributed by atoms with van der Waals surface area (Å²) in [5, 5.41) is 2.91. The van der Waals surface area contributed by atoms with Gasteiger partial charge in [-0.15, -0.1) is 0 Å². The Bertz CT molecular complexity index is 716. The van der Waals surface area contributed by atoms with Crippen LogP contribution in [0.15, 0.2) is 22.7 Å². The lowest BCUT2D eigenvalue weighted by atomic mass is 9.95. The first-order valence-electron chi connectivity index (χ1n) is 8.48. The molecule has 2 amide bonds. The largest absolute Gasteiger partial charge is 0.444 e. The summed E-state index contributed by atoms with van der Waals surface area (Å²) in [6, 6.07) is 5.32. The number of fused-ring (bicyclic) bond motifs is 2. The normalized spacial score (nSPS) is 25.1. The van der Waals surface area contributed by atoms with E-state index in [1.807, 2.05) is 26.8 Å². The van der Waals surface area contributed by atoms with Gasteiger partial charge in [0.15, 0.2) is 0 Å². The van der Waals surface area contributed by atoms with Crippen LogP contribution < -0.4 is 11.1 Å². The average Bonchev–Trinajstić information content (AvgIpc) is 3.08. The highest BCUT2D eigenvalue weighted by Crippen LogP contribution is 2.47. The average molecular weight is 410 g/mol. The van der Waals surface area contributed by atoms with Crippen LogP contribution in [-0.2, 0) is 9.53 Å². The van der Waals surface area contributed by atoms with Crippen molar-refractivity contribution in [2.45, 2.75) is 51.2 Å². The number of nitrogens with one attached hydrogen (secondary N) is 1. The van der Waals surface area contributed by atoms with Gasteiger partial charge in [-0.2, -0.15) is 0 Å². The van der Waals surface area contributed by atoms with Gasteiger partial charge in [-0.25, -0.2) is 4.79 Å². The van der Waals surface area contributed by atoms with Crippen LogP contribution in [0.4, 0.5) is 16.2 Å². The molecule has 3 N–H and O–H groups in total. The van der Waals surface area contributed by atoms with E-state index in [4.69, 9.17) is 10.5 Å². The number of carbonyl (C=O) groups excluding carboxylic acids is 2. The zero-order valence-electron chi connectivity index (χ0n) is 14.8. The maximum absolute atomic E-state index is 13.1. The summed E-state index contributed by atoms with van der Waals surface area (Å²) in [6.07, 6.45) is 1.85. The molecule has 1 aliphatic carbocycles. The number of ether oxygens (including phenoxy) is 1. The van der Waals surface area contributed by atoms with Crippen LogP contribution in [-0.4, -0.2) is 34.6 Å². The predicted molar refractivity (Wildman–Crippen MR) is 100 cm³/mol. The molecule has 0 radical (unpaired) electrons. The van der Waals surface area contributed by atoms with Gasteiger partial charge in [0.25, 0.3) is 5.91 Å². The van der Waals surface area contributed by atoms with Crippen molar-refractivity contribution in [3.8, 4) is 0 Å². The molecule has 2 aliphatic rings. The van der Waals surface area contributed by atoms with Gasteiger partial charge in [0.2, 0.25) is 0 Å². The summed E-state index contributed by atoms with van der Waals surface area (Å²) in [4.78, 5) is 27.3. The second-order valence-corrected chi connectivity index (χ2v) is 8.83. The van der Waals surface area contributed by atoms with Gasteiger partial charge in [-0.1, -0.05) is 15.9 Å². The zero-order valence-corrected chi connectivity index (χ0v) is 16.4. The molecule has 1 aromatic carbocycles. The fraction of sp³-hybridized carbons (Fsp3) is 0.556. The second kappa shape index (κ2) is 6.20. The minimum Gasteiger partial charge on any atom is -0.444 e. The topological polar surface area (TPSA) is 84.7 Å². The van der Waals surface area contributed by atoms with E-state index in [1.54, 1.807) is 17.0 Å². The SMILES string of the molecule is CC(C)(C)OC(=O)N1CC2CCC1(C(=O)Nc1ccc(Br)cc1N)C2. The third-order valence-electron chi connectivity index (χ3n) is 4.85. The van der Waals surface area contributed by atoms with E-state index in [0.717, 1.165) is 10.9 Å². The van der Waals surface area contributed by atoms with E-state index < -0.39 is 17.2 Å². The molecular weight excluding hydrogens is 386 g/mol. The Morgan fingerprint density at radius 3 is 2.72 bits per heavy atom. The smallest absolute Gasteiger partial charge is 0.411 e. The van der Waals surface area contributed by atoms with Crippen LogP contribution in [0, 0.1) is 5.92 Å². The molecular formula is C18H24BrN3O3. The summed E-state index contributed by atoms with van der Waals surface area (Å²) < 4.78 is 6.36. The summed E-state index contributed by atoms with van der Waals surface area (Å²) in [6.45, 7) is 6.05. The Morgan fingerprint density at radius 1 is 1.40 bits per heavy atom. The molecule has 2 unspecified atom stereocenters. The molecule has 2 atom stereocenters. The van der Waals surface area contributed by atoms with Crippen molar-refractivity contribution >= 4 is 39.3 Å². The number of hydrogen-bond donors (Lipinski definition) is 2. The highest BCUT2D eigenvalue weighted by molar-refractivity contribution is 9.10. The first-order chi connectivity index (χ1) is 11.6. The third-order valence-corrected chi connectivity index (χ3v) is 5.34. The maximum atomic E-state index is 13.1. The first-order valence-corrected chi connectivity index (χ1v) is 9.27. The van der Waals surface area contributed by atoms with Crippen molar-refractivity contribution in [1.82, 2.24) is 4.90 Å². The number of carbonyl (C=O) groups is 2. The summed E-state index contributed by atoms with van der Waals surface area (Å²) >= 11 is 3.35. The van der Waals surface area contributed by atoms with Gasteiger partial charge in [0, 0.05) is 11.0 Å². The second-order valence-electron chi connectivity index (χ2n) is 7.92. The van der Waals surface area contributed by atoms with Crippen molar-refractivity contribution in [3.05, 3.63) is 22.7 Å². The molecule has 1 heterocycles. The first kappa shape index (κ1) is 18.0. The van der Waals surface area contributed by atoms with Gasteiger partial charge >= 0.3 is 6.09 Å². The molecule has 0 aromatic heterocycles. The summed E-state index contributed by atoms with van der Waals surface area (Å²) in [5.41, 5.74) is 5.60. The number of piperidine rings is 1. The summed E-state index contributed by atoms with van der Waals surface area (Å²) in [5.74, 6) is 0.160. The van der Waals surface area contributed by atoms with Gasteiger partial charge < -0.3 is 15.8 Å². The zero-order chi connectivity index (χ0) is 18.4. The molecule has 1 saturated carbocycles. The molecule has 7 heteroatoms. The lowest BCUT2D eigenvalue weighted by Crippen LogP contribution is -2.56. The number of halogens is 1. The fourth-order valence-corrected chi connectivity index (χ4v) is 4.12. The minimum absolute atomic E-state index is 0.188. The van der Waals surface area contributed by atoms with E-state index in [-0.39, 0.29) is 5.91 Å².